The molecule has 0 bridgehead atoms. The largest absolute Gasteiger partial charge is 0.506 e. The van der Waals surface area contributed by atoms with Gasteiger partial charge in [-0.15, -0.1) is 4.40 Å². The quantitative estimate of drug-likeness (QED) is 0.462. The summed E-state index contributed by atoms with van der Waals surface area (Å²) in [5, 5.41) is 9.96. The molecule has 7 nitrogen and oxygen atoms in total. The van der Waals surface area contributed by atoms with Gasteiger partial charge in [-0.2, -0.15) is 8.42 Å². The minimum absolute atomic E-state index is 0.0499. The van der Waals surface area contributed by atoms with Crippen LogP contribution in [0.1, 0.15) is 5.56 Å². The van der Waals surface area contributed by atoms with Gasteiger partial charge in [0.25, 0.3) is 10.0 Å². The summed E-state index contributed by atoms with van der Waals surface area (Å²) in [7, 11) is -3.93. The normalized spacial score (nSPS) is 11.6. The molecule has 0 radical (unpaired) electrons. The lowest BCUT2D eigenvalue weighted by Crippen LogP contribution is -2.24. The van der Waals surface area contributed by atoms with Crippen LogP contribution < -0.4 is 11.5 Å². The predicted octanol–water partition coefficient (Wildman–Crippen LogP) is 2.63. The number of benzene rings is 2. The third-order valence-corrected chi connectivity index (χ3v) is 5.15. The first-order valence-corrected chi connectivity index (χ1v) is 9.40. The molecule has 0 unspecified atom stereocenters. The van der Waals surface area contributed by atoms with Gasteiger partial charge in [-0.25, -0.2) is 0 Å². The van der Waals surface area contributed by atoms with Gasteiger partial charge in [0, 0.05) is 16.3 Å². The smallest absolute Gasteiger partial charge is 0.285 e. The van der Waals surface area contributed by atoms with E-state index < -0.39 is 16.0 Å². The average Bonchev–Trinajstić information content (AvgIpc) is 2.48. The highest BCUT2D eigenvalue weighted by atomic mass is 79.9. The second kappa shape index (κ2) is 7.32. The van der Waals surface area contributed by atoms with Gasteiger partial charge >= 0.3 is 0 Å². The molecule has 0 aromatic heterocycles. The van der Waals surface area contributed by atoms with Crippen LogP contribution in [0.5, 0.6) is 5.75 Å². The number of phenolic OH excluding ortho intramolecular Hbond substituents is 1. The van der Waals surface area contributed by atoms with Crippen molar-refractivity contribution in [2.75, 3.05) is 0 Å². The van der Waals surface area contributed by atoms with E-state index in [0.29, 0.717) is 15.7 Å². The molecule has 0 amide bonds. The molecule has 0 heterocycles. The zero-order valence-electron chi connectivity index (χ0n) is 12.0. The van der Waals surface area contributed by atoms with E-state index in [1.807, 2.05) is 0 Å². The molecule has 126 valence electrons. The van der Waals surface area contributed by atoms with Crippen LogP contribution in [0.15, 0.2) is 59.6 Å². The number of sulfonamides is 1. The summed E-state index contributed by atoms with van der Waals surface area (Å²) in [6.45, 7) is 0. The number of halogens is 2. The van der Waals surface area contributed by atoms with E-state index in [1.165, 1.54) is 30.5 Å². The number of hydrogen-bond donors (Lipinski definition) is 3. The van der Waals surface area contributed by atoms with E-state index in [1.54, 1.807) is 12.1 Å². The van der Waals surface area contributed by atoms with Crippen molar-refractivity contribution in [2.24, 2.45) is 20.9 Å². The van der Waals surface area contributed by atoms with E-state index in [0.717, 1.165) is 4.47 Å². The van der Waals surface area contributed by atoms with Crippen molar-refractivity contribution >= 4 is 59.7 Å². The monoisotopic (exact) mass is 474 g/mol. The fourth-order valence-electron chi connectivity index (χ4n) is 1.72. The molecule has 0 fully saturated rings. The van der Waals surface area contributed by atoms with E-state index in [2.05, 4.69) is 41.3 Å². The Labute approximate surface area is 155 Å². The molecule has 0 saturated heterocycles. The Morgan fingerprint density at radius 2 is 1.75 bits per heavy atom. The van der Waals surface area contributed by atoms with Crippen LogP contribution >= 0.6 is 31.9 Å². The highest BCUT2D eigenvalue weighted by Crippen LogP contribution is 2.31. The van der Waals surface area contributed by atoms with Gasteiger partial charge < -0.3 is 16.6 Å². The topological polar surface area (TPSA) is 131 Å². The first kappa shape index (κ1) is 18.4. The van der Waals surface area contributed by atoms with Gasteiger partial charge in [-0.3, -0.25) is 4.99 Å². The number of aliphatic imine (C=N–C) groups is 1. The SMILES string of the molecule is NC(N)=NS(=O)(=O)c1ccc(N=Cc2cc(Br)cc(Br)c2O)cc1. The van der Waals surface area contributed by atoms with Crippen molar-refractivity contribution in [3.05, 3.63) is 50.9 Å². The molecule has 0 aliphatic carbocycles. The highest BCUT2D eigenvalue weighted by molar-refractivity contribution is 9.11. The molecular formula is C14H12Br2N4O3S. The first-order valence-electron chi connectivity index (χ1n) is 6.37. The molecule has 2 rings (SSSR count). The highest BCUT2D eigenvalue weighted by Gasteiger charge is 2.12. The number of rotatable bonds is 4. The van der Waals surface area contributed by atoms with Crippen molar-refractivity contribution in [1.29, 1.82) is 0 Å². The van der Waals surface area contributed by atoms with Crippen LogP contribution in [0, 0.1) is 0 Å². The van der Waals surface area contributed by atoms with Crippen molar-refractivity contribution in [3.63, 3.8) is 0 Å². The second-order valence-corrected chi connectivity index (χ2v) is 7.94. The summed E-state index contributed by atoms with van der Waals surface area (Å²) in [5.41, 5.74) is 11.2. The van der Waals surface area contributed by atoms with E-state index in [9.17, 15) is 13.5 Å². The van der Waals surface area contributed by atoms with E-state index in [-0.39, 0.29) is 10.6 Å². The van der Waals surface area contributed by atoms with Gasteiger partial charge in [-0.05, 0) is 52.3 Å². The molecule has 0 aliphatic heterocycles. The van der Waals surface area contributed by atoms with Gasteiger partial charge in [0.15, 0.2) is 0 Å². The zero-order chi connectivity index (χ0) is 17.9. The van der Waals surface area contributed by atoms with Gasteiger partial charge in [0.2, 0.25) is 5.96 Å². The van der Waals surface area contributed by atoms with Crippen LogP contribution in [0.2, 0.25) is 0 Å². The summed E-state index contributed by atoms with van der Waals surface area (Å²) in [6, 6.07) is 9.07. The summed E-state index contributed by atoms with van der Waals surface area (Å²) >= 11 is 6.55. The zero-order valence-corrected chi connectivity index (χ0v) is 16.0. The summed E-state index contributed by atoms with van der Waals surface area (Å²) < 4.78 is 28.1. The lowest BCUT2D eigenvalue weighted by molar-refractivity contribution is 0.471. The Morgan fingerprint density at radius 3 is 2.33 bits per heavy atom. The molecule has 2 aromatic carbocycles. The number of guanidine groups is 1. The van der Waals surface area contributed by atoms with Crippen molar-refractivity contribution in [2.45, 2.75) is 4.90 Å². The number of nitrogens with zero attached hydrogens (tertiary/aromatic N) is 2. The van der Waals surface area contributed by atoms with Crippen LogP contribution in [0.3, 0.4) is 0 Å². The maximum atomic E-state index is 11.8. The fourth-order valence-corrected chi connectivity index (χ4v) is 3.85. The molecule has 0 saturated carbocycles. The van der Waals surface area contributed by atoms with Crippen molar-refractivity contribution in [3.8, 4) is 5.75 Å². The van der Waals surface area contributed by atoms with Crippen LogP contribution in [0.4, 0.5) is 5.69 Å². The lowest BCUT2D eigenvalue weighted by atomic mass is 10.2. The van der Waals surface area contributed by atoms with Gasteiger partial charge in [0.05, 0.1) is 15.1 Å². The summed E-state index contributed by atoms with van der Waals surface area (Å²) in [5.74, 6) is -0.485. The molecule has 0 spiro atoms. The summed E-state index contributed by atoms with van der Waals surface area (Å²) in [4.78, 5) is 4.14. The first-order chi connectivity index (χ1) is 11.2. The van der Waals surface area contributed by atoms with E-state index in [4.69, 9.17) is 11.5 Å². The second-order valence-electron chi connectivity index (χ2n) is 4.57. The Bertz CT molecular complexity index is 922. The standard InChI is InChI=1S/C14H12Br2N4O3S/c15-9-5-8(13(21)12(16)6-9)7-19-10-1-3-11(4-2-10)24(22,23)20-14(17)18/h1-7,21H,(H4,17,18,20). The van der Waals surface area contributed by atoms with Crippen LogP contribution in [0.25, 0.3) is 0 Å². The van der Waals surface area contributed by atoms with Gasteiger partial charge in [0.1, 0.15) is 5.75 Å². The molecular weight excluding hydrogens is 464 g/mol. The predicted molar refractivity (Wildman–Crippen MR) is 100 cm³/mol. The minimum atomic E-state index is -3.93. The lowest BCUT2D eigenvalue weighted by Gasteiger charge is -2.03. The fraction of sp³-hybridized carbons (Fsp3) is 0. The van der Waals surface area contributed by atoms with Crippen LogP contribution in [-0.2, 0) is 10.0 Å². The maximum Gasteiger partial charge on any atom is 0.285 e. The minimum Gasteiger partial charge on any atom is -0.506 e. The number of nitrogens with two attached hydrogens (primary N) is 2. The molecule has 5 N–H and O–H groups in total. The molecule has 24 heavy (non-hydrogen) atoms. The maximum absolute atomic E-state index is 11.8. The summed E-state index contributed by atoms with van der Waals surface area (Å²) in [6.07, 6.45) is 1.46. The van der Waals surface area contributed by atoms with Gasteiger partial charge in [-0.1, -0.05) is 15.9 Å². The third-order valence-electron chi connectivity index (χ3n) is 2.77. The Kier molecular flexibility index (Phi) is 5.62. The molecule has 0 aliphatic rings. The van der Waals surface area contributed by atoms with Crippen molar-refractivity contribution < 1.29 is 13.5 Å². The average molecular weight is 476 g/mol. The van der Waals surface area contributed by atoms with Crippen LogP contribution in [-0.4, -0.2) is 25.7 Å². The van der Waals surface area contributed by atoms with E-state index >= 15 is 0 Å². The number of phenols is 1. The Morgan fingerprint density at radius 1 is 1.12 bits per heavy atom. The number of hydrogen-bond acceptors (Lipinski definition) is 4. The number of aromatic hydroxyl groups is 1. The Hall–Kier alpha value is -1.91. The van der Waals surface area contributed by atoms with Crippen molar-refractivity contribution in [1.82, 2.24) is 0 Å². The third kappa shape index (κ3) is 4.56. The molecule has 10 heteroatoms. The molecule has 0 atom stereocenters. The molecule has 2 aromatic rings. The Balaban J connectivity index is 2.29.